The van der Waals surface area contributed by atoms with E-state index < -0.39 is 0 Å². The number of benzene rings is 1. The van der Waals surface area contributed by atoms with Gasteiger partial charge in [0.1, 0.15) is 0 Å². The van der Waals surface area contributed by atoms with Crippen LogP contribution in [0.1, 0.15) is 10.4 Å². The van der Waals surface area contributed by atoms with Crippen LogP contribution in [-0.4, -0.2) is 6.29 Å². The summed E-state index contributed by atoms with van der Waals surface area (Å²) in [5.74, 6) is 0. The highest BCUT2D eigenvalue weighted by Gasteiger charge is 2.05. The van der Waals surface area contributed by atoms with E-state index in [9.17, 15) is 4.79 Å². The van der Waals surface area contributed by atoms with Gasteiger partial charge in [0.2, 0.25) is 0 Å². The number of hydrogen-bond donors (Lipinski definition) is 0. The first-order chi connectivity index (χ1) is 6.81. The molecule has 0 fully saturated rings. The van der Waals surface area contributed by atoms with Gasteiger partial charge in [-0.25, -0.2) is 0 Å². The number of carbonyl (C=O) groups excluding carboxylic acids is 1. The van der Waals surface area contributed by atoms with Crippen molar-refractivity contribution >= 4 is 29.2 Å². The van der Waals surface area contributed by atoms with Crippen LogP contribution in [0.5, 0.6) is 0 Å². The Bertz CT molecular complexity index is 448. The molecule has 1 nitrogen and oxygen atoms in total. The van der Waals surface area contributed by atoms with E-state index in [4.69, 9.17) is 11.6 Å². The largest absolute Gasteiger partial charge is 0.298 e. The average molecular weight is 223 g/mol. The van der Waals surface area contributed by atoms with Crippen LogP contribution in [0.4, 0.5) is 0 Å². The highest BCUT2D eigenvalue weighted by molar-refractivity contribution is 7.08. The van der Waals surface area contributed by atoms with Crippen molar-refractivity contribution in [2.45, 2.75) is 0 Å². The van der Waals surface area contributed by atoms with E-state index in [1.54, 1.807) is 23.5 Å². The van der Waals surface area contributed by atoms with E-state index in [1.807, 2.05) is 22.9 Å². The van der Waals surface area contributed by atoms with E-state index in [2.05, 4.69) is 0 Å². The zero-order valence-electron chi connectivity index (χ0n) is 7.24. The van der Waals surface area contributed by atoms with E-state index >= 15 is 0 Å². The van der Waals surface area contributed by atoms with E-state index in [1.165, 1.54) is 0 Å². The molecule has 1 aromatic carbocycles. The van der Waals surface area contributed by atoms with Crippen LogP contribution in [-0.2, 0) is 0 Å². The molecule has 0 spiro atoms. The summed E-state index contributed by atoms with van der Waals surface area (Å²) in [5, 5.41) is 4.63. The normalized spacial score (nSPS) is 10.1. The SMILES string of the molecule is O=Cc1ccc(Cl)cc1-c1ccsc1. The summed E-state index contributed by atoms with van der Waals surface area (Å²) in [5.41, 5.74) is 2.61. The van der Waals surface area contributed by atoms with Crippen LogP contribution in [0.2, 0.25) is 5.02 Å². The van der Waals surface area contributed by atoms with Crippen LogP contribution < -0.4 is 0 Å². The summed E-state index contributed by atoms with van der Waals surface area (Å²) < 4.78 is 0. The highest BCUT2D eigenvalue weighted by Crippen LogP contribution is 2.27. The average Bonchev–Trinajstić information content (AvgIpc) is 2.70. The smallest absolute Gasteiger partial charge is 0.150 e. The second-order valence-corrected chi connectivity index (χ2v) is 4.08. The van der Waals surface area contributed by atoms with Gasteiger partial charge in [-0.1, -0.05) is 11.6 Å². The van der Waals surface area contributed by atoms with Gasteiger partial charge >= 0.3 is 0 Å². The summed E-state index contributed by atoms with van der Waals surface area (Å²) in [6.07, 6.45) is 0.851. The first kappa shape index (κ1) is 9.44. The van der Waals surface area contributed by atoms with Crippen LogP contribution in [0, 0.1) is 0 Å². The van der Waals surface area contributed by atoms with Crippen molar-refractivity contribution in [1.82, 2.24) is 0 Å². The fourth-order valence-corrected chi connectivity index (χ4v) is 2.13. The lowest BCUT2D eigenvalue weighted by molar-refractivity contribution is 0.112. The molecule has 0 atom stereocenters. The molecule has 0 bridgehead atoms. The van der Waals surface area contributed by atoms with Gasteiger partial charge in [-0.2, -0.15) is 11.3 Å². The van der Waals surface area contributed by atoms with Gasteiger partial charge in [0.05, 0.1) is 0 Å². The molecule has 0 amide bonds. The quantitative estimate of drug-likeness (QED) is 0.705. The first-order valence-electron chi connectivity index (χ1n) is 4.08. The minimum atomic E-state index is 0.650. The van der Waals surface area contributed by atoms with Crippen LogP contribution in [0.25, 0.3) is 11.1 Å². The highest BCUT2D eigenvalue weighted by atomic mass is 35.5. The Morgan fingerprint density at radius 3 is 2.79 bits per heavy atom. The molecule has 0 saturated carbocycles. The maximum absolute atomic E-state index is 10.8. The van der Waals surface area contributed by atoms with Crippen LogP contribution in [0.15, 0.2) is 35.0 Å². The van der Waals surface area contributed by atoms with E-state index in [0.717, 1.165) is 17.4 Å². The molecular formula is C11H7ClOS. The van der Waals surface area contributed by atoms with Gasteiger partial charge in [0, 0.05) is 10.6 Å². The lowest BCUT2D eigenvalue weighted by Gasteiger charge is -2.02. The molecule has 0 radical (unpaired) electrons. The van der Waals surface area contributed by atoms with Crippen LogP contribution in [0.3, 0.4) is 0 Å². The first-order valence-corrected chi connectivity index (χ1v) is 5.40. The second kappa shape index (κ2) is 3.95. The third-order valence-corrected chi connectivity index (χ3v) is 2.89. The van der Waals surface area contributed by atoms with Crippen molar-refractivity contribution in [1.29, 1.82) is 0 Å². The molecule has 1 heterocycles. The molecule has 0 unspecified atom stereocenters. The zero-order valence-corrected chi connectivity index (χ0v) is 8.81. The Kier molecular flexibility index (Phi) is 2.66. The minimum absolute atomic E-state index is 0.650. The second-order valence-electron chi connectivity index (χ2n) is 2.86. The number of hydrogen-bond acceptors (Lipinski definition) is 2. The number of halogens is 1. The zero-order chi connectivity index (χ0) is 9.97. The Balaban J connectivity index is 2.61. The standard InChI is InChI=1S/C11H7ClOS/c12-10-2-1-8(6-13)11(5-10)9-3-4-14-7-9/h1-7H. The van der Waals surface area contributed by atoms with Gasteiger partial charge in [-0.3, -0.25) is 4.79 Å². The number of aldehydes is 1. The van der Waals surface area contributed by atoms with Crippen molar-refractivity contribution in [3.05, 3.63) is 45.6 Å². The summed E-state index contributed by atoms with van der Waals surface area (Å²) in [4.78, 5) is 10.8. The topological polar surface area (TPSA) is 17.1 Å². The molecule has 70 valence electrons. The van der Waals surface area contributed by atoms with Gasteiger partial charge in [0.25, 0.3) is 0 Å². The number of carbonyl (C=O) groups is 1. The summed E-state index contributed by atoms with van der Waals surface area (Å²) in [6.45, 7) is 0. The van der Waals surface area contributed by atoms with Gasteiger partial charge < -0.3 is 0 Å². The minimum Gasteiger partial charge on any atom is -0.298 e. The predicted molar refractivity (Wildman–Crippen MR) is 60.2 cm³/mol. The Morgan fingerprint density at radius 1 is 1.29 bits per heavy atom. The lowest BCUT2D eigenvalue weighted by Crippen LogP contribution is -1.85. The molecule has 2 aromatic rings. The van der Waals surface area contributed by atoms with E-state index in [-0.39, 0.29) is 0 Å². The maximum Gasteiger partial charge on any atom is 0.150 e. The molecule has 0 aliphatic heterocycles. The van der Waals surface area contributed by atoms with Crippen molar-refractivity contribution in [2.75, 3.05) is 0 Å². The number of rotatable bonds is 2. The Hall–Kier alpha value is -1.12. The maximum atomic E-state index is 10.8. The summed E-state index contributed by atoms with van der Waals surface area (Å²) in [6, 6.07) is 7.25. The third kappa shape index (κ3) is 1.72. The van der Waals surface area contributed by atoms with Crippen molar-refractivity contribution < 1.29 is 4.79 Å². The van der Waals surface area contributed by atoms with Gasteiger partial charge in [-0.15, -0.1) is 0 Å². The van der Waals surface area contributed by atoms with Crippen LogP contribution >= 0.6 is 22.9 Å². The molecule has 1 aromatic heterocycles. The Labute approximate surface area is 91.0 Å². The monoisotopic (exact) mass is 222 g/mol. The third-order valence-electron chi connectivity index (χ3n) is 1.97. The molecule has 14 heavy (non-hydrogen) atoms. The fourth-order valence-electron chi connectivity index (χ4n) is 1.30. The fraction of sp³-hybridized carbons (Fsp3) is 0. The molecular weight excluding hydrogens is 216 g/mol. The predicted octanol–water partition coefficient (Wildman–Crippen LogP) is 3.88. The van der Waals surface area contributed by atoms with Gasteiger partial charge in [-0.05, 0) is 46.2 Å². The van der Waals surface area contributed by atoms with Crippen molar-refractivity contribution in [3.63, 3.8) is 0 Å². The molecule has 0 aliphatic carbocycles. The van der Waals surface area contributed by atoms with Crippen molar-refractivity contribution in [2.24, 2.45) is 0 Å². The van der Waals surface area contributed by atoms with E-state index in [0.29, 0.717) is 10.6 Å². The molecule has 2 rings (SSSR count). The Morgan fingerprint density at radius 2 is 2.14 bits per heavy atom. The number of thiophene rings is 1. The molecule has 0 aliphatic rings. The molecule has 0 N–H and O–H groups in total. The van der Waals surface area contributed by atoms with Crippen molar-refractivity contribution in [3.8, 4) is 11.1 Å². The summed E-state index contributed by atoms with van der Waals surface area (Å²) in [7, 11) is 0. The molecule has 3 heteroatoms. The lowest BCUT2D eigenvalue weighted by atomic mass is 10.0. The summed E-state index contributed by atoms with van der Waals surface area (Å²) >= 11 is 7.48. The van der Waals surface area contributed by atoms with Gasteiger partial charge in [0.15, 0.2) is 6.29 Å². The molecule has 0 saturated heterocycles.